The van der Waals surface area contributed by atoms with Gasteiger partial charge in [0.2, 0.25) is 5.91 Å². The van der Waals surface area contributed by atoms with Gasteiger partial charge in [-0.3, -0.25) is 9.59 Å². The third kappa shape index (κ3) is 4.70. The first-order chi connectivity index (χ1) is 11.4. The number of nitrogens with zero attached hydrogens (tertiary/aromatic N) is 1. The molecule has 0 radical (unpaired) electrons. The molecule has 3 atom stereocenters. The van der Waals surface area contributed by atoms with Gasteiger partial charge in [0, 0.05) is 26.2 Å². The molecule has 128 valence electrons. The zero-order valence-corrected chi connectivity index (χ0v) is 14.5. The molecular formula is C13H17BN3O5PS. The van der Waals surface area contributed by atoms with E-state index in [0.717, 1.165) is 0 Å². The molecule has 2 rings (SSSR count). The maximum Gasteiger partial charge on any atom is 0.361 e. The van der Waals surface area contributed by atoms with Crippen LogP contribution in [0.4, 0.5) is 10.5 Å². The quantitative estimate of drug-likeness (QED) is 0.279. The second-order valence-corrected chi connectivity index (χ2v) is 6.96. The SMILES string of the molecule is O=C(O)c1cccc(NC(=O)[C@@H]2C[C@H](S)CN2C(=O)PNBO)c1. The van der Waals surface area contributed by atoms with Crippen molar-refractivity contribution in [2.24, 2.45) is 0 Å². The van der Waals surface area contributed by atoms with E-state index in [4.69, 9.17) is 10.1 Å². The Balaban J connectivity index is 2.08. The Morgan fingerprint density at radius 3 is 2.79 bits per heavy atom. The number of aromatic carboxylic acids is 1. The van der Waals surface area contributed by atoms with Crippen molar-refractivity contribution < 1.29 is 24.5 Å². The number of benzene rings is 1. The van der Waals surface area contributed by atoms with Crippen molar-refractivity contribution in [1.29, 1.82) is 0 Å². The molecule has 1 heterocycles. The summed E-state index contributed by atoms with van der Waals surface area (Å²) < 4.78 is 0. The van der Waals surface area contributed by atoms with Crippen LogP contribution in [0.3, 0.4) is 0 Å². The number of rotatable bonds is 6. The number of hydrogen-bond acceptors (Lipinski definition) is 6. The fraction of sp³-hybridized carbons (Fsp3) is 0.308. The third-order valence-electron chi connectivity index (χ3n) is 3.49. The van der Waals surface area contributed by atoms with Crippen molar-refractivity contribution in [1.82, 2.24) is 9.90 Å². The molecular weight excluding hydrogens is 352 g/mol. The lowest BCUT2D eigenvalue weighted by Gasteiger charge is -2.23. The van der Waals surface area contributed by atoms with Crippen molar-refractivity contribution in [3.63, 3.8) is 0 Å². The van der Waals surface area contributed by atoms with Crippen molar-refractivity contribution in [3.8, 4) is 0 Å². The molecule has 1 fully saturated rings. The van der Waals surface area contributed by atoms with Crippen LogP contribution in [0.25, 0.3) is 0 Å². The van der Waals surface area contributed by atoms with Crippen LogP contribution in [0.15, 0.2) is 24.3 Å². The maximum atomic E-state index is 12.5. The number of likely N-dealkylation sites (tertiary alicyclic amines) is 1. The Labute approximate surface area is 146 Å². The summed E-state index contributed by atoms with van der Waals surface area (Å²) in [5, 5.41) is 20.2. The standard InChI is InChI=1S/C13H17BN3O5PS/c18-11(15-8-3-1-2-7(4-8)12(19)20)10-5-9(24)6-17(10)13(21)23-16-14-22/h1-4,9-10,14,16,22-24H,5-6H2,(H,15,18)(H,19,20)/t9-,10-/m0/s1. The largest absolute Gasteiger partial charge is 0.478 e. The van der Waals surface area contributed by atoms with Crippen LogP contribution in [-0.2, 0) is 4.79 Å². The highest BCUT2D eigenvalue weighted by molar-refractivity contribution is 7.81. The summed E-state index contributed by atoms with van der Waals surface area (Å²) in [5.41, 5.74) is 0.138. The van der Waals surface area contributed by atoms with Crippen LogP contribution in [0, 0.1) is 0 Å². The summed E-state index contributed by atoms with van der Waals surface area (Å²) >= 11 is 4.34. The number of carbonyl (C=O) groups is 3. The van der Waals surface area contributed by atoms with Gasteiger partial charge < -0.3 is 25.3 Å². The molecule has 0 aromatic heterocycles. The summed E-state index contributed by atoms with van der Waals surface area (Å²) in [6.45, 7) is 0.343. The first-order valence-corrected chi connectivity index (χ1v) is 8.66. The lowest BCUT2D eigenvalue weighted by Crippen LogP contribution is -2.42. The first-order valence-electron chi connectivity index (χ1n) is 7.15. The maximum absolute atomic E-state index is 12.5. The van der Waals surface area contributed by atoms with E-state index in [1.54, 1.807) is 6.07 Å². The van der Waals surface area contributed by atoms with Gasteiger partial charge >= 0.3 is 13.6 Å². The highest BCUT2D eigenvalue weighted by Gasteiger charge is 2.38. The minimum absolute atomic E-state index is 0.0628. The molecule has 0 aliphatic carbocycles. The molecule has 1 unspecified atom stereocenters. The summed E-state index contributed by atoms with van der Waals surface area (Å²) in [6.07, 6.45) is 0.406. The fourth-order valence-electron chi connectivity index (χ4n) is 2.43. The lowest BCUT2D eigenvalue weighted by molar-refractivity contribution is -0.119. The van der Waals surface area contributed by atoms with Crippen LogP contribution in [0.1, 0.15) is 16.8 Å². The summed E-state index contributed by atoms with van der Waals surface area (Å²) in [7, 11) is -0.652. The van der Waals surface area contributed by atoms with Crippen molar-refractivity contribution in [2.45, 2.75) is 17.7 Å². The van der Waals surface area contributed by atoms with Gasteiger partial charge in [0.05, 0.1) is 5.56 Å². The van der Waals surface area contributed by atoms with Gasteiger partial charge in [-0.1, -0.05) is 6.07 Å². The molecule has 0 spiro atoms. The van der Waals surface area contributed by atoms with Gasteiger partial charge in [-0.15, -0.1) is 0 Å². The molecule has 24 heavy (non-hydrogen) atoms. The number of nitrogens with one attached hydrogen (secondary N) is 2. The van der Waals surface area contributed by atoms with E-state index < -0.39 is 17.9 Å². The lowest BCUT2D eigenvalue weighted by atomic mass is 10.1. The topological polar surface area (TPSA) is 119 Å². The predicted molar refractivity (Wildman–Crippen MR) is 96.1 cm³/mol. The van der Waals surface area contributed by atoms with Gasteiger partial charge in [0.15, 0.2) is 0 Å². The van der Waals surface area contributed by atoms with Gasteiger partial charge in [0.1, 0.15) is 6.04 Å². The van der Waals surface area contributed by atoms with E-state index in [-0.39, 0.29) is 32.8 Å². The second kappa shape index (κ2) is 8.48. The van der Waals surface area contributed by atoms with E-state index >= 15 is 0 Å². The van der Waals surface area contributed by atoms with E-state index in [9.17, 15) is 14.4 Å². The number of carboxylic acid groups (broad SMARTS) is 1. The molecule has 4 N–H and O–H groups in total. The fourth-order valence-corrected chi connectivity index (χ4v) is 3.43. The van der Waals surface area contributed by atoms with Crippen LogP contribution >= 0.6 is 21.4 Å². The summed E-state index contributed by atoms with van der Waals surface area (Å²) in [5.74, 6) is -1.48. The number of carboxylic acids is 1. The van der Waals surface area contributed by atoms with E-state index in [0.29, 0.717) is 18.7 Å². The van der Waals surface area contributed by atoms with Crippen LogP contribution in [0.5, 0.6) is 0 Å². The van der Waals surface area contributed by atoms with Gasteiger partial charge in [-0.25, -0.2) is 4.79 Å². The molecule has 0 bridgehead atoms. The second-order valence-electron chi connectivity index (χ2n) is 5.20. The molecule has 1 aromatic rings. The number of amides is 2. The van der Waals surface area contributed by atoms with Crippen molar-refractivity contribution >= 4 is 52.2 Å². The van der Waals surface area contributed by atoms with Crippen LogP contribution < -0.4 is 10.3 Å². The minimum atomic E-state index is -1.09. The Bertz CT molecular complexity index is 650. The Morgan fingerprint density at radius 1 is 1.38 bits per heavy atom. The molecule has 11 heteroatoms. The Hall–Kier alpha value is -1.61. The average Bonchev–Trinajstić information content (AvgIpc) is 2.95. The number of carbonyl (C=O) groups excluding carboxylic acids is 2. The highest BCUT2D eigenvalue weighted by Crippen LogP contribution is 2.27. The van der Waals surface area contributed by atoms with Crippen LogP contribution in [0.2, 0.25) is 0 Å². The Kier molecular flexibility index (Phi) is 6.62. The molecule has 1 saturated heterocycles. The molecule has 2 amide bonds. The molecule has 8 nitrogen and oxygen atoms in total. The zero-order valence-electron chi connectivity index (χ0n) is 12.6. The summed E-state index contributed by atoms with van der Waals surface area (Å²) in [6, 6.07) is 5.22. The van der Waals surface area contributed by atoms with E-state index in [1.807, 2.05) is 0 Å². The number of thiol groups is 1. The predicted octanol–water partition coefficient (Wildman–Crippen LogP) is 0.258. The van der Waals surface area contributed by atoms with E-state index in [2.05, 4.69) is 22.9 Å². The zero-order chi connectivity index (χ0) is 17.7. The molecule has 1 aliphatic heterocycles. The average molecular weight is 369 g/mol. The molecule has 1 aromatic carbocycles. The normalized spacial score (nSPS) is 20.3. The van der Waals surface area contributed by atoms with Crippen LogP contribution in [-0.4, -0.2) is 58.0 Å². The van der Waals surface area contributed by atoms with Gasteiger partial charge in [-0.05, 0) is 24.6 Å². The summed E-state index contributed by atoms with van der Waals surface area (Å²) in [4.78, 5) is 39.6. The van der Waals surface area contributed by atoms with Crippen molar-refractivity contribution in [2.75, 3.05) is 11.9 Å². The molecule has 1 aliphatic rings. The number of hydrogen-bond donors (Lipinski definition) is 5. The third-order valence-corrected chi connectivity index (χ3v) is 4.70. The van der Waals surface area contributed by atoms with E-state index in [1.165, 1.54) is 23.1 Å². The van der Waals surface area contributed by atoms with Crippen molar-refractivity contribution in [3.05, 3.63) is 29.8 Å². The first kappa shape index (κ1) is 18.7. The smallest absolute Gasteiger partial charge is 0.361 e. The Morgan fingerprint density at radius 2 is 2.12 bits per heavy atom. The molecule has 0 saturated carbocycles. The monoisotopic (exact) mass is 369 g/mol. The highest BCUT2D eigenvalue weighted by atomic mass is 32.1. The number of anilines is 1. The van der Waals surface area contributed by atoms with Gasteiger partial charge in [-0.2, -0.15) is 12.6 Å². The minimum Gasteiger partial charge on any atom is -0.478 e. The van der Waals surface area contributed by atoms with Gasteiger partial charge in [0.25, 0.3) is 5.65 Å².